The van der Waals surface area contributed by atoms with Gasteiger partial charge >= 0.3 is 6.09 Å². The standard InChI is InChI=1S/C22H29NO6/c1-22(2,3)29-21(25)23-16-9-15(10-17(23)13-26-12-16)20(24)14-5-6-18-19(11-14)28-8-4-7-27-18/h5-6,11,15-17H,4,7-10,12-13H2,1-3H3. The molecule has 3 heterocycles. The number of ether oxygens (including phenoxy) is 4. The summed E-state index contributed by atoms with van der Waals surface area (Å²) in [5.41, 5.74) is 0.0759. The number of hydrogen-bond donors (Lipinski definition) is 0. The van der Waals surface area contributed by atoms with Crippen molar-refractivity contribution in [1.82, 2.24) is 4.90 Å². The first-order valence-electron chi connectivity index (χ1n) is 10.3. The maximum Gasteiger partial charge on any atom is 0.410 e. The summed E-state index contributed by atoms with van der Waals surface area (Å²) >= 11 is 0. The highest BCUT2D eigenvalue weighted by atomic mass is 16.6. The second-order valence-corrected chi connectivity index (χ2v) is 8.98. The molecular weight excluding hydrogens is 374 g/mol. The van der Waals surface area contributed by atoms with Crippen molar-refractivity contribution in [2.75, 3.05) is 26.4 Å². The van der Waals surface area contributed by atoms with E-state index in [1.807, 2.05) is 32.9 Å². The van der Waals surface area contributed by atoms with E-state index in [1.165, 1.54) is 0 Å². The van der Waals surface area contributed by atoms with Crippen LogP contribution in [0, 0.1) is 5.92 Å². The van der Waals surface area contributed by atoms with Crippen molar-refractivity contribution in [3.63, 3.8) is 0 Å². The lowest BCUT2D eigenvalue weighted by molar-refractivity contribution is -0.0861. The van der Waals surface area contributed by atoms with Crippen molar-refractivity contribution >= 4 is 11.9 Å². The van der Waals surface area contributed by atoms with Crippen LogP contribution in [0.5, 0.6) is 11.5 Å². The first-order chi connectivity index (χ1) is 13.8. The molecule has 1 amide bonds. The number of rotatable bonds is 2. The molecule has 7 heteroatoms. The highest BCUT2D eigenvalue weighted by molar-refractivity contribution is 5.98. The molecular formula is C22H29NO6. The van der Waals surface area contributed by atoms with Crippen molar-refractivity contribution in [3.05, 3.63) is 23.8 Å². The number of ketones is 1. The van der Waals surface area contributed by atoms with E-state index in [9.17, 15) is 9.59 Å². The van der Waals surface area contributed by atoms with Gasteiger partial charge in [-0.2, -0.15) is 0 Å². The topological polar surface area (TPSA) is 74.3 Å². The molecule has 4 rings (SSSR count). The number of benzene rings is 1. The van der Waals surface area contributed by atoms with E-state index in [0.717, 1.165) is 6.42 Å². The maximum atomic E-state index is 13.2. The van der Waals surface area contributed by atoms with Crippen LogP contribution < -0.4 is 9.47 Å². The molecule has 0 saturated carbocycles. The lowest BCUT2D eigenvalue weighted by Gasteiger charge is -2.47. The third-order valence-electron chi connectivity index (χ3n) is 5.53. The van der Waals surface area contributed by atoms with Crippen LogP contribution >= 0.6 is 0 Å². The van der Waals surface area contributed by atoms with Gasteiger partial charge in [-0.25, -0.2) is 4.79 Å². The normalized spacial score (nSPS) is 26.4. The molecule has 2 unspecified atom stereocenters. The van der Waals surface area contributed by atoms with Crippen molar-refractivity contribution in [3.8, 4) is 11.5 Å². The van der Waals surface area contributed by atoms with Gasteiger partial charge in [-0.05, 0) is 51.8 Å². The lowest BCUT2D eigenvalue weighted by Crippen LogP contribution is -2.60. The van der Waals surface area contributed by atoms with Crippen LogP contribution in [0.15, 0.2) is 18.2 Å². The van der Waals surface area contributed by atoms with Crippen molar-refractivity contribution in [2.24, 2.45) is 5.92 Å². The summed E-state index contributed by atoms with van der Waals surface area (Å²) in [6.45, 7) is 7.64. The van der Waals surface area contributed by atoms with Gasteiger partial charge in [0, 0.05) is 17.9 Å². The molecule has 3 aliphatic rings. The Bertz CT molecular complexity index is 772. The van der Waals surface area contributed by atoms with Crippen LogP contribution in [0.1, 0.15) is 50.4 Å². The molecule has 7 nitrogen and oxygen atoms in total. The van der Waals surface area contributed by atoms with Gasteiger partial charge in [0.15, 0.2) is 17.3 Å². The first kappa shape index (κ1) is 20.0. The largest absolute Gasteiger partial charge is 0.490 e. The molecule has 0 aliphatic carbocycles. The van der Waals surface area contributed by atoms with Gasteiger partial charge < -0.3 is 18.9 Å². The Morgan fingerprint density at radius 2 is 1.69 bits per heavy atom. The summed E-state index contributed by atoms with van der Waals surface area (Å²) in [5, 5.41) is 0. The summed E-state index contributed by atoms with van der Waals surface area (Å²) in [5.74, 6) is 1.24. The van der Waals surface area contributed by atoms with E-state index in [0.29, 0.717) is 56.3 Å². The molecule has 2 saturated heterocycles. The fourth-order valence-corrected chi connectivity index (χ4v) is 4.29. The summed E-state index contributed by atoms with van der Waals surface area (Å²) < 4.78 is 22.6. The van der Waals surface area contributed by atoms with Crippen LogP contribution in [-0.4, -0.2) is 60.9 Å². The molecule has 158 valence electrons. The molecule has 2 bridgehead atoms. The highest BCUT2D eigenvalue weighted by Gasteiger charge is 2.45. The second-order valence-electron chi connectivity index (χ2n) is 8.98. The van der Waals surface area contributed by atoms with Crippen LogP contribution in [0.3, 0.4) is 0 Å². The van der Waals surface area contributed by atoms with Gasteiger partial charge in [-0.15, -0.1) is 0 Å². The summed E-state index contributed by atoms with van der Waals surface area (Å²) in [6.07, 6.45) is 1.65. The smallest absolute Gasteiger partial charge is 0.410 e. The van der Waals surface area contributed by atoms with E-state index in [4.69, 9.17) is 18.9 Å². The summed E-state index contributed by atoms with van der Waals surface area (Å²) in [4.78, 5) is 27.7. The van der Waals surface area contributed by atoms with Gasteiger partial charge in [-0.1, -0.05) is 0 Å². The number of fused-ring (bicyclic) bond motifs is 3. The van der Waals surface area contributed by atoms with E-state index >= 15 is 0 Å². The minimum Gasteiger partial charge on any atom is -0.490 e. The van der Waals surface area contributed by atoms with Gasteiger partial charge in [0.25, 0.3) is 0 Å². The first-order valence-corrected chi connectivity index (χ1v) is 10.3. The highest BCUT2D eigenvalue weighted by Crippen LogP contribution is 2.36. The SMILES string of the molecule is CC(C)(C)OC(=O)N1C2COCC1CC(C(=O)c1ccc3c(c1)OCCCO3)C2. The number of morpholine rings is 1. The Kier molecular flexibility index (Phi) is 5.42. The van der Waals surface area contributed by atoms with Gasteiger partial charge in [-0.3, -0.25) is 9.69 Å². The van der Waals surface area contributed by atoms with E-state index in [-0.39, 0.29) is 29.9 Å². The molecule has 0 N–H and O–H groups in total. The molecule has 1 aromatic carbocycles. The number of carbonyl (C=O) groups is 2. The Balaban J connectivity index is 1.49. The molecule has 2 fully saturated rings. The average Bonchev–Trinajstić information content (AvgIpc) is 2.89. The molecule has 0 aromatic heterocycles. The number of Topliss-reactive ketones (excluding diaryl/α,β-unsaturated/α-hetero) is 1. The van der Waals surface area contributed by atoms with Crippen molar-refractivity contribution < 1.29 is 28.5 Å². The van der Waals surface area contributed by atoms with Gasteiger partial charge in [0.05, 0.1) is 38.5 Å². The van der Waals surface area contributed by atoms with Crippen molar-refractivity contribution in [1.29, 1.82) is 0 Å². The van der Waals surface area contributed by atoms with Crippen LogP contribution in [0.2, 0.25) is 0 Å². The number of amides is 1. The van der Waals surface area contributed by atoms with Crippen LogP contribution in [0.4, 0.5) is 4.79 Å². The molecule has 3 aliphatic heterocycles. The van der Waals surface area contributed by atoms with E-state index in [2.05, 4.69) is 0 Å². The Hall–Kier alpha value is -2.28. The van der Waals surface area contributed by atoms with E-state index < -0.39 is 5.60 Å². The second kappa shape index (κ2) is 7.86. The monoisotopic (exact) mass is 403 g/mol. The number of hydrogen-bond acceptors (Lipinski definition) is 6. The summed E-state index contributed by atoms with van der Waals surface area (Å²) in [6, 6.07) is 5.12. The van der Waals surface area contributed by atoms with Crippen molar-refractivity contribution in [2.45, 2.75) is 57.7 Å². The van der Waals surface area contributed by atoms with Gasteiger partial charge in [0.1, 0.15) is 5.60 Å². The Labute approximate surface area is 171 Å². The van der Waals surface area contributed by atoms with Crippen LogP contribution in [0.25, 0.3) is 0 Å². The zero-order valence-electron chi connectivity index (χ0n) is 17.3. The lowest BCUT2D eigenvalue weighted by atomic mass is 9.81. The van der Waals surface area contributed by atoms with E-state index in [1.54, 1.807) is 11.0 Å². The number of nitrogens with zero attached hydrogens (tertiary/aromatic N) is 1. The van der Waals surface area contributed by atoms with Gasteiger partial charge in [0.2, 0.25) is 0 Å². The zero-order chi connectivity index (χ0) is 20.6. The maximum absolute atomic E-state index is 13.2. The third-order valence-corrected chi connectivity index (χ3v) is 5.53. The Morgan fingerprint density at radius 1 is 1.03 bits per heavy atom. The number of carbonyl (C=O) groups excluding carboxylic acids is 2. The number of piperidine rings is 1. The Morgan fingerprint density at radius 3 is 2.34 bits per heavy atom. The predicted octanol–water partition coefficient (Wildman–Crippen LogP) is 3.45. The minimum atomic E-state index is -0.553. The molecule has 0 spiro atoms. The quantitative estimate of drug-likeness (QED) is 0.704. The summed E-state index contributed by atoms with van der Waals surface area (Å²) in [7, 11) is 0. The average molecular weight is 403 g/mol. The van der Waals surface area contributed by atoms with Crippen LogP contribution in [-0.2, 0) is 9.47 Å². The fraction of sp³-hybridized carbons (Fsp3) is 0.636. The fourth-order valence-electron chi connectivity index (χ4n) is 4.29. The minimum absolute atomic E-state index is 0.0846. The molecule has 1 aromatic rings. The third kappa shape index (κ3) is 4.34. The molecule has 2 atom stereocenters. The zero-order valence-corrected chi connectivity index (χ0v) is 17.3. The molecule has 29 heavy (non-hydrogen) atoms. The predicted molar refractivity (Wildman–Crippen MR) is 106 cm³/mol. The molecule has 0 radical (unpaired) electrons.